The number of hydrogen-bond acceptors (Lipinski definition) is 10. The first kappa shape index (κ1) is 20.4. The van der Waals surface area contributed by atoms with Gasteiger partial charge in [-0.1, -0.05) is 5.16 Å². The summed E-state index contributed by atoms with van der Waals surface area (Å²) >= 11 is 2.44. The van der Waals surface area contributed by atoms with Crippen LogP contribution >= 0.6 is 23.1 Å². The molecule has 13 heteroatoms. The van der Waals surface area contributed by atoms with E-state index in [1.54, 1.807) is 5.38 Å². The number of rotatable bonds is 7. The largest absolute Gasteiger partial charge is 0.481 e. The van der Waals surface area contributed by atoms with Crippen LogP contribution in [0.4, 0.5) is 5.13 Å². The molecule has 2 fully saturated rings. The lowest BCUT2D eigenvalue weighted by molar-refractivity contribution is -0.161. The Morgan fingerprint density at radius 3 is 2.86 bits per heavy atom. The van der Waals surface area contributed by atoms with Crippen LogP contribution in [0.15, 0.2) is 10.5 Å². The van der Waals surface area contributed by atoms with Gasteiger partial charge >= 0.3 is 5.97 Å². The lowest BCUT2D eigenvalue weighted by atomic mass is 9.88. The van der Waals surface area contributed by atoms with Gasteiger partial charge in [-0.15, -0.1) is 23.1 Å². The van der Waals surface area contributed by atoms with Crippen LogP contribution in [0.2, 0.25) is 0 Å². The number of aliphatic carboxylic acids is 1. The molecule has 3 heterocycles. The topological polar surface area (TPSA) is 156 Å². The van der Waals surface area contributed by atoms with Gasteiger partial charge in [0.05, 0.1) is 6.61 Å². The molecule has 0 aliphatic carbocycles. The molecule has 2 unspecified atom stereocenters. The van der Waals surface area contributed by atoms with Crippen LogP contribution in [0.3, 0.4) is 0 Å². The first-order valence-electron chi connectivity index (χ1n) is 8.11. The minimum atomic E-state index is -1.17. The monoisotopic (exact) mass is 429 g/mol. The molecule has 2 amide bonds. The summed E-state index contributed by atoms with van der Waals surface area (Å²) in [6.45, 7) is 0.0272. The molecule has 0 radical (unpaired) electrons. The third-order valence-electron chi connectivity index (χ3n) is 4.47. The number of carboxylic acid groups (broad SMARTS) is 1. The smallest absolute Gasteiger partial charge is 0.314 e. The number of β-lactam (4-membered cyclic amide) rings is 1. The van der Waals surface area contributed by atoms with Gasteiger partial charge in [0, 0.05) is 24.8 Å². The van der Waals surface area contributed by atoms with E-state index in [4.69, 9.17) is 15.3 Å². The molecule has 2 aliphatic rings. The van der Waals surface area contributed by atoms with Crippen LogP contribution in [0.25, 0.3) is 0 Å². The second-order valence-corrected chi connectivity index (χ2v) is 8.33. The Labute approximate surface area is 168 Å². The predicted molar refractivity (Wildman–Crippen MR) is 102 cm³/mol. The highest BCUT2D eigenvalue weighted by molar-refractivity contribution is 8.00. The summed E-state index contributed by atoms with van der Waals surface area (Å²) < 4.78 is 5.04. The number of nitrogens with one attached hydrogen (secondary N) is 1. The second-order valence-electron chi connectivity index (χ2n) is 6.33. The molecule has 1 aromatic heterocycles. The molecule has 4 N–H and O–H groups in total. The van der Waals surface area contributed by atoms with E-state index in [2.05, 4.69) is 15.5 Å². The Bertz CT molecular complexity index is 830. The van der Waals surface area contributed by atoms with Crippen LogP contribution < -0.4 is 11.1 Å². The number of carboxylic acids is 1. The van der Waals surface area contributed by atoms with Gasteiger partial charge in [0.15, 0.2) is 10.8 Å². The van der Waals surface area contributed by atoms with Crippen LogP contribution in [-0.4, -0.2) is 83.0 Å². The molecule has 11 nitrogen and oxygen atoms in total. The van der Waals surface area contributed by atoms with Crippen molar-refractivity contribution in [2.75, 3.05) is 38.9 Å². The van der Waals surface area contributed by atoms with Crippen molar-refractivity contribution in [2.24, 2.45) is 10.6 Å². The third-order valence-corrected chi connectivity index (χ3v) is 6.73. The molecule has 1 aromatic rings. The van der Waals surface area contributed by atoms with E-state index in [9.17, 15) is 19.5 Å². The number of oxime groups is 1. The van der Waals surface area contributed by atoms with Crippen LogP contribution in [0.5, 0.6) is 0 Å². The molecule has 0 bridgehead atoms. The van der Waals surface area contributed by atoms with Gasteiger partial charge in [0.1, 0.15) is 29.6 Å². The third kappa shape index (κ3) is 3.52. The highest BCUT2D eigenvalue weighted by Gasteiger charge is 2.57. The van der Waals surface area contributed by atoms with E-state index in [0.29, 0.717) is 0 Å². The fraction of sp³-hybridized carbons (Fsp3) is 0.533. The van der Waals surface area contributed by atoms with E-state index < -0.39 is 23.3 Å². The summed E-state index contributed by atoms with van der Waals surface area (Å²) in [5, 5.41) is 17.3. The molecular formula is C15H19N5O6S2. The first-order valence-corrected chi connectivity index (χ1v) is 10.0. The van der Waals surface area contributed by atoms with E-state index in [1.165, 1.54) is 30.9 Å². The Balaban J connectivity index is 1.70. The van der Waals surface area contributed by atoms with Crippen molar-refractivity contribution in [1.29, 1.82) is 0 Å². The molecule has 2 saturated heterocycles. The molecule has 0 spiro atoms. The first-order chi connectivity index (χ1) is 13.3. The van der Waals surface area contributed by atoms with E-state index >= 15 is 0 Å². The lowest BCUT2D eigenvalue weighted by Crippen LogP contribution is -2.74. The fourth-order valence-corrected chi connectivity index (χ4v) is 5.16. The average Bonchev–Trinajstić information content (AvgIpc) is 3.09. The number of thiazole rings is 1. The highest BCUT2D eigenvalue weighted by atomic mass is 32.2. The van der Waals surface area contributed by atoms with Crippen molar-refractivity contribution in [2.45, 2.75) is 11.4 Å². The maximum atomic E-state index is 12.6. The lowest BCUT2D eigenvalue weighted by Gasteiger charge is -2.53. The zero-order chi connectivity index (χ0) is 20.5. The van der Waals surface area contributed by atoms with Gasteiger partial charge in [-0.25, -0.2) is 4.98 Å². The standard InChI is InChI=1S/C15H19N5O6S2/c1-25-5-15(13(23)24)4-20-11(22)9(12(20)28-6-15)18-10(21)8(19-26-2)7-3-27-14(16)17-7/h3,9,12H,4-6H2,1-2H3,(H2,16,17)(H,18,21)(H,23,24)/t9?,12-,15?/m1/s1. The number of thioether (sulfide) groups is 1. The predicted octanol–water partition coefficient (Wildman–Crippen LogP) is -0.807. The summed E-state index contributed by atoms with van der Waals surface area (Å²) in [5.74, 6) is -1.74. The van der Waals surface area contributed by atoms with Crippen molar-refractivity contribution >= 4 is 51.7 Å². The molecule has 0 aromatic carbocycles. The van der Waals surface area contributed by atoms with Crippen molar-refractivity contribution < 1.29 is 29.1 Å². The number of ether oxygens (including phenoxy) is 1. The zero-order valence-electron chi connectivity index (χ0n) is 15.1. The summed E-state index contributed by atoms with van der Waals surface area (Å²) in [6, 6.07) is -0.787. The van der Waals surface area contributed by atoms with Crippen molar-refractivity contribution in [3.8, 4) is 0 Å². The maximum Gasteiger partial charge on any atom is 0.314 e. The van der Waals surface area contributed by atoms with Gasteiger partial charge in [0.2, 0.25) is 5.91 Å². The molecule has 2 aliphatic heterocycles. The number of methoxy groups -OCH3 is 1. The molecule has 28 heavy (non-hydrogen) atoms. The number of carbonyl (C=O) groups is 3. The summed E-state index contributed by atoms with van der Waals surface area (Å²) in [4.78, 5) is 47.0. The molecule has 152 valence electrons. The number of anilines is 1. The molecular weight excluding hydrogens is 410 g/mol. The maximum absolute atomic E-state index is 12.6. The average molecular weight is 429 g/mol. The van der Waals surface area contributed by atoms with Gasteiger partial charge in [-0.3, -0.25) is 14.4 Å². The number of hydrogen-bond donors (Lipinski definition) is 3. The van der Waals surface area contributed by atoms with Crippen molar-refractivity contribution in [1.82, 2.24) is 15.2 Å². The summed E-state index contributed by atoms with van der Waals surface area (Å²) in [6.07, 6.45) is 0. The normalized spacial score (nSPS) is 27.0. The number of amides is 2. The summed E-state index contributed by atoms with van der Waals surface area (Å²) in [7, 11) is 2.71. The number of carbonyl (C=O) groups excluding carboxylic acids is 2. The van der Waals surface area contributed by atoms with Crippen LogP contribution in [-0.2, 0) is 24.0 Å². The molecule has 3 atom stereocenters. The Morgan fingerprint density at radius 2 is 2.29 bits per heavy atom. The number of nitrogens with two attached hydrogens (primary N) is 1. The number of aromatic nitrogens is 1. The van der Waals surface area contributed by atoms with Gasteiger partial charge in [-0.05, 0) is 0 Å². The van der Waals surface area contributed by atoms with Crippen molar-refractivity contribution in [3.05, 3.63) is 11.1 Å². The SMILES string of the molecule is COCC1(C(=O)O)CS[C@@H]2C(NC(=O)C(=NOC)c3csc(N)n3)C(=O)N2C1. The van der Waals surface area contributed by atoms with Gasteiger partial charge in [-0.2, -0.15) is 0 Å². The van der Waals surface area contributed by atoms with E-state index in [1.807, 2.05) is 0 Å². The number of nitrogen functional groups attached to an aromatic ring is 1. The Kier molecular flexibility index (Phi) is 5.76. The van der Waals surface area contributed by atoms with Crippen molar-refractivity contribution in [3.63, 3.8) is 0 Å². The molecule has 3 rings (SSSR count). The van der Waals surface area contributed by atoms with Gasteiger partial charge < -0.3 is 30.6 Å². The fourth-order valence-electron chi connectivity index (χ4n) is 3.08. The molecule has 0 saturated carbocycles. The zero-order valence-corrected chi connectivity index (χ0v) is 16.7. The minimum absolute atomic E-state index is 0.00124. The van der Waals surface area contributed by atoms with Crippen LogP contribution in [0, 0.1) is 5.41 Å². The highest BCUT2D eigenvalue weighted by Crippen LogP contribution is 2.42. The number of fused-ring (bicyclic) bond motifs is 1. The minimum Gasteiger partial charge on any atom is -0.481 e. The Hall–Kier alpha value is -2.38. The van der Waals surface area contributed by atoms with Gasteiger partial charge in [0.25, 0.3) is 5.91 Å². The van der Waals surface area contributed by atoms with E-state index in [0.717, 1.165) is 11.3 Å². The summed E-state index contributed by atoms with van der Waals surface area (Å²) in [5.41, 5.74) is 4.57. The quantitative estimate of drug-likeness (QED) is 0.286. The number of nitrogens with zero attached hydrogens (tertiary/aromatic N) is 3. The van der Waals surface area contributed by atoms with Crippen LogP contribution in [0.1, 0.15) is 5.69 Å². The van der Waals surface area contributed by atoms with E-state index in [-0.39, 0.29) is 46.7 Å². The Morgan fingerprint density at radius 1 is 1.54 bits per heavy atom. The second kappa shape index (κ2) is 7.93.